The van der Waals surface area contributed by atoms with Gasteiger partial charge in [-0.25, -0.2) is 0 Å². The summed E-state index contributed by atoms with van der Waals surface area (Å²) in [4.78, 5) is 0. The van der Waals surface area contributed by atoms with Crippen molar-refractivity contribution in [1.82, 2.24) is 0 Å². The Labute approximate surface area is 98.8 Å². The van der Waals surface area contributed by atoms with Crippen LogP contribution in [0, 0.1) is 5.41 Å². The molecule has 2 aliphatic carbocycles. The summed E-state index contributed by atoms with van der Waals surface area (Å²) in [5, 5.41) is 0. The predicted octanol–water partition coefficient (Wildman–Crippen LogP) is 4.30. The Bertz CT molecular complexity index is 345. The number of methoxy groups -OCH3 is 1. The third-order valence-corrected chi connectivity index (χ3v) is 3.52. The lowest BCUT2D eigenvalue weighted by atomic mass is 9.77. The van der Waals surface area contributed by atoms with Gasteiger partial charge in [-0.1, -0.05) is 45.0 Å². The molecule has 0 radical (unpaired) electrons. The molecule has 0 heterocycles. The average molecular weight is 218 g/mol. The fourth-order valence-electron chi connectivity index (χ4n) is 2.55. The normalized spacial score (nSPS) is 23.8. The van der Waals surface area contributed by atoms with Crippen LogP contribution in [0.2, 0.25) is 0 Å². The van der Waals surface area contributed by atoms with Gasteiger partial charge in [0.25, 0.3) is 0 Å². The van der Waals surface area contributed by atoms with Gasteiger partial charge in [0.2, 0.25) is 0 Å². The summed E-state index contributed by atoms with van der Waals surface area (Å²) in [6, 6.07) is 8.88. The molecule has 0 saturated heterocycles. The minimum Gasteiger partial charge on any atom is -0.376 e. The third-order valence-electron chi connectivity index (χ3n) is 3.52. The van der Waals surface area contributed by atoms with E-state index in [4.69, 9.17) is 4.74 Å². The maximum atomic E-state index is 5.64. The maximum absolute atomic E-state index is 5.64. The molecule has 1 aromatic carbocycles. The van der Waals surface area contributed by atoms with E-state index in [9.17, 15) is 0 Å². The monoisotopic (exact) mass is 218 g/mol. The quantitative estimate of drug-likeness (QED) is 0.735. The molecule has 0 saturated carbocycles. The maximum Gasteiger partial charge on any atom is 0.0889 e. The highest BCUT2D eigenvalue weighted by Gasteiger charge is 2.29. The number of fused-ring (bicyclic) bond motifs is 3. The molecule has 0 aromatic heterocycles. The van der Waals surface area contributed by atoms with E-state index in [1.165, 1.54) is 24.0 Å². The number of benzene rings is 1. The molecule has 2 atom stereocenters. The molecule has 0 spiro atoms. The van der Waals surface area contributed by atoms with E-state index in [2.05, 4.69) is 45.0 Å². The van der Waals surface area contributed by atoms with Gasteiger partial charge in [-0.15, -0.1) is 0 Å². The molecule has 2 unspecified atom stereocenters. The van der Waals surface area contributed by atoms with Crippen LogP contribution < -0.4 is 0 Å². The van der Waals surface area contributed by atoms with Crippen LogP contribution in [0.3, 0.4) is 0 Å². The molecule has 1 heteroatoms. The van der Waals surface area contributed by atoms with Crippen molar-refractivity contribution < 1.29 is 4.74 Å². The topological polar surface area (TPSA) is 9.23 Å². The zero-order valence-corrected chi connectivity index (χ0v) is 10.8. The van der Waals surface area contributed by atoms with Crippen LogP contribution in [0.5, 0.6) is 0 Å². The first-order chi connectivity index (χ1) is 7.51. The van der Waals surface area contributed by atoms with Crippen LogP contribution in [0.15, 0.2) is 24.3 Å². The number of rotatable bonds is 3. The van der Waals surface area contributed by atoms with Crippen molar-refractivity contribution in [1.29, 1.82) is 0 Å². The lowest BCUT2D eigenvalue weighted by Gasteiger charge is -2.33. The molecular formula is C15H22O. The zero-order valence-electron chi connectivity index (χ0n) is 10.8. The zero-order chi connectivity index (χ0) is 11.8. The second-order valence-corrected chi connectivity index (χ2v) is 6.03. The Morgan fingerprint density at radius 3 is 2.12 bits per heavy atom. The van der Waals surface area contributed by atoms with E-state index in [1.807, 2.05) is 7.11 Å². The first-order valence-corrected chi connectivity index (χ1v) is 6.14. The molecule has 0 amide bonds. The number of ether oxygens (including phenoxy) is 1. The first-order valence-electron chi connectivity index (χ1n) is 6.14. The van der Waals surface area contributed by atoms with Gasteiger partial charge in [0.15, 0.2) is 0 Å². The summed E-state index contributed by atoms with van der Waals surface area (Å²) in [5.74, 6) is 0.564. The Balaban J connectivity index is 2.11. The molecule has 2 aliphatic rings. The van der Waals surface area contributed by atoms with Gasteiger partial charge in [0, 0.05) is 13.0 Å². The second-order valence-electron chi connectivity index (χ2n) is 6.03. The van der Waals surface area contributed by atoms with Crippen LogP contribution in [0.1, 0.15) is 56.8 Å². The first kappa shape index (κ1) is 11.7. The molecule has 2 bridgehead atoms. The molecule has 16 heavy (non-hydrogen) atoms. The van der Waals surface area contributed by atoms with E-state index < -0.39 is 0 Å². The van der Waals surface area contributed by atoms with Gasteiger partial charge in [-0.05, 0) is 29.4 Å². The fraction of sp³-hybridized carbons (Fsp3) is 0.600. The summed E-state index contributed by atoms with van der Waals surface area (Å²) in [7, 11) is 1.82. The van der Waals surface area contributed by atoms with E-state index in [0.29, 0.717) is 11.3 Å². The molecule has 0 N–H and O–H groups in total. The largest absolute Gasteiger partial charge is 0.376 e. The Morgan fingerprint density at radius 1 is 1.06 bits per heavy atom. The van der Waals surface area contributed by atoms with Gasteiger partial charge >= 0.3 is 0 Å². The van der Waals surface area contributed by atoms with E-state index in [0.717, 1.165) is 0 Å². The SMILES string of the molecule is COC1c2ccc(cc2)C1CCC(C)(C)C. The van der Waals surface area contributed by atoms with Crippen LogP contribution in [0.4, 0.5) is 0 Å². The molecule has 0 fully saturated rings. The average Bonchev–Trinajstić information content (AvgIpc) is 2.26. The highest BCUT2D eigenvalue weighted by molar-refractivity contribution is 5.35. The van der Waals surface area contributed by atoms with Crippen LogP contribution in [-0.4, -0.2) is 7.11 Å². The smallest absolute Gasteiger partial charge is 0.0889 e. The molecule has 3 rings (SSSR count). The van der Waals surface area contributed by atoms with Crippen molar-refractivity contribution in [3.8, 4) is 0 Å². The molecule has 1 nitrogen and oxygen atoms in total. The molecule has 1 aromatic rings. The van der Waals surface area contributed by atoms with Gasteiger partial charge in [-0.3, -0.25) is 0 Å². The van der Waals surface area contributed by atoms with Gasteiger partial charge in [-0.2, -0.15) is 0 Å². The van der Waals surface area contributed by atoms with Crippen molar-refractivity contribution >= 4 is 0 Å². The van der Waals surface area contributed by atoms with Crippen LogP contribution in [0.25, 0.3) is 0 Å². The van der Waals surface area contributed by atoms with Crippen molar-refractivity contribution in [2.75, 3.05) is 7.11 Å². The van der Waals surface area contributed by atoms with Gasteiger partial charge in [0.05, 0.1) is 6.10 Å². The lowest BCUT2D eigenvalue weighted by molar-refractivity contribution is 0.0686. The van der Waals surface area contributed by atoms with Crippen molar-refractivity contribution in [2.24, 2.45) is 5.41 Å². The lowest BCUT2D eigenvalue weighted by Crippen LogP contribution is -2.19. The summed E-state index contributed by atoms with van der Waals surface area (Å²) in [5.41, 5.74) is 3.18. The van der Waals surface area contributed by atoms with Crippen LogP contribution in [-0.2, 0) is 4.74 Å². The van der Waals surface area contributed by atoms with Crippen LogP contribution >= 0.6 is 0 Å². The van der Waals surface area contributed by atoms with Gasteiger partial charge < -0.3 is 4.74 Å². The second kappa shape index (κ2) is 4.21. The summed E-state index contributed by atoms with van der Waals surface area (Å²) in [6.07, 6.45) is 2.75. The number of hydrogen-bond donors (Lipinski definition) is 0. The minimum absolute atomic E-state index is 0.285. The van der Waals surface area contributed by atoms with E-state index >= 15 is 0 Å². The highest BCUT2D eigenvalue weighted by Crippen LogP contribution is 2.43. The summed E-state index contributed by atoms with van der Waals surface area (Å²) >= 11 is 0. The summed E-state index contributed by atoms with van der Waals surface area (Å²) in [6.45, 7) is 6.91. The minimum atomic E-state index is 0.285. The fourth-order valence-corrected chi connectivity index (χ4v) is 2.55. The molecular weight excluding hydrogens is 196 g/mol. The third kappa shape index (κ3) is 2.30. The van der Waals surface area contributed by atoms with Crippen molar-refractivity contribution in [2.45, 2.75) is 45.6 Å². The summed E-state index contributed by atoms with van der Waals surface area (Å²) < 4.78 is 5.64. The Kier molecular flexibility index (Phi) is 3.07. The van der Waals surface area contributed by atoms with E-state index in [1.54, 1.807) is 0 Å². The standard InChI is InChI=1S/C15H22O/c1-15(2,3)10-9-13-11-5-7-12(8-6-11)14(13)16-4/h5-8,13-14H,9-10H2,1-4H3. The number of hydrogen-bond acceptors (Lipinski definition) is 1. The highest BCUT2D eigenvalue weighted by atomic mass is 16.5. The van der Waals surface area contributed by atoms with Crippen molar-refractivity contribution in [3.63, 3.8) is 0 Å². The van der Waals surface area contributed by atoms with E-state index in [-0.39, 0.29) is 6.10 Å². The van der Waals surface area contributed by atoms with Crippen molar-refractivity contribution in [3.05, 3.63) is 35.4 Å². The molecule has 88 valence electrons. The Morgan fingerprint density at radius 2 is 1.62 bits per heavy atom. The Hall–Kier alpha value is -0.820. The van der Waals surface area contributed by atoms with Gasteiger partial charge in [0.1, 0.15) is 0 Å². The predicted molar refractivity (Wildman–Crippen MR) is 67.6 cm³/mol. The molecule has 0 aliphatic heterocycles.